The van der Waals surface area contributed by atoms with Crippen LogP contribution in [0.25, 0.3) is 10.8 Å². The zero-order chi connectivity index (χ0) is 10.8. The van der Waals surface area contributed by atoms with Gasteiger partial charge >= 0.3 is 0 Å². The average molecular weight is 221 g/mol. The number of halogens is 1. The Labute approximate surface area is 94.3 Å². The number of hydrogen-bond acceptors (Lipinski definition) is 1. The molecule has 0 heterocycles. The van der Waals surface area contributed by atoms with Crippen molar-refractivity contribution in [1.82, 2.24) is 0 Å². The van der Waals surface area contributed by atoms with Crippen molar-refractivity contribution in [2.24, 2.45) is 0 Å². The zero-order valence-electron chi connectivity index (χ0n) is 8.57. The van der Waals surface area contributed by atoms with E-state index in [4.69, 9.17) is 11.6 Å². The Kier molecular flexibility index (Phi) is 2.94. The smallest absolute Gasteiger partial charge is 0.0793 e. The Hall–Kier alpha value is -1.05. The summed E-state index contributed by atoms with van der Waals surface area (Å²) in [7, 11) is 0. The topological polar surface area (TPSA) is 20.2 Å². The van der Waals surface area contributed by atoms with E-state index >= 15 is 0 Å². The molecule has 0 radical (unpaired) electrons. The lowest BCUT2D eigenvalue weighted by Gasteiger charge is -2.12. The van der Waals surface area contributed by atoms with Crippen molar-refractivity contribution in [3.63, 3.8) is 0 Å². The minimum atomic E-state index is -0.410. The molecule has 0 fully saturated rings. The Morgan fingerprint density at radius 1 is 1.13 bits per heavy atom. The minimum Gasteiger partial charge on any atom is -0.388 e. The molecule has 2 aromatic carbocycles. The van der Waals surface area contributed by atoms with E-state index in [9.17, 15) is 5.11 Å². The van der Waals surface area contributed by atoms with E-state index in [1.54, 1.807) is 0 Å². The molecule has 1 N–H and O–H groups in total. The normalized spacial score (nSPS) is 13.0. The van der Waals surface area contributed by atoms with Crippen molar-refractivity contribution in [1.29, 1.82) is 0 Å². The predicted octanol–water partition coefficient (Wildman–Crippen LogP) is 3.94. The van der Waals surface area contributed by atoms with Crippen molar-refractivity contribution < 1.29 is 5.11 Å². The molecule has 0 spiro atoms. The fourth-order valence-corrected chi connectivity index (χ4v) is 2.02. The molecule has 0 amide bonds. The van der Waals surface area contributed by atoms with Gasteiger partial charge in [0, 0.05) is 10.4 Å². The van der Waals surface area contributed by atoms with Crippen molar-refractivity contribution in [2.45, 2.75) is 19.4 Å². The van der Waals surface area contributed by atoms with E-state index in [-0.39, 0.29) is 0 Å². The molecule has 78 valence electrons. The predicted molar refractivity (Wildman–Crippen MR) is 64.2 cm³/mol. The maximum atomic E-state index is 9.88. The van der Waals surface area contributed by atoms with Gasteiger partial charge in [-0.1, -0.05) is 48.9 Å². The quantitative estimate of drug-likeness (QED) is 0.813. The second-order valence-corrected chi connectivity index (χ2v) is 4.01. The monoisotopic (exact) mass is 220 g/mol. The molecular formula is C13H13ClO. The second-order valence-electron chi connectivity index (χ2n) is 3.61. The molecular weight excluding hydrogens is 208 g/mol. The Balaban J connectivity index is 2.71. The van der Waals surface area contributed by atoms with Crippen LogP contribution in [0.15, 0.2) is 36.4 Å². The van der Waals surface area contributed by atoms with E-state index in [0.717, 1.165) is 21.4 Å². The van der Waals surface area contributed by atoms with E-state index in [1.807, 2.05) is 43.3 Å². The lowest BCUT2D eigenvalue weighted by molar-refractivity contribution is 0.175. The number of benzene rings is 2. The van der Waals surface area contributed by atoms with Gasteiger partial charge in [0.1, 0.15) is 0 Å². The summed E-state index contributed by atoms with van der Waals surface area (Å²) in [4.78, 5) is 0. The van der Waals surface area contributed by atoms with Crippen LogP contribution in [0.2, 0.25) is 5.02 Å². The van der Waals surface area contributed by atoms with Crippen LogP contribution in [0.3, 0.4) is 0 Å². The molecule has 0 aliphatic carbocycles. The van der Waals surface area contributed by atoms with Crippen molar-refractivity contribution in [3.05, 3.63) is 47.0 Å². The summed E-state index contributed by atoms with van der Waals surface area (Å²) in [5, 5.41) is 12.7. The molecule has 0 aliphatic rings. The van der Waals surface area contributed by atoms with Crippen LogP contribution in [0.1, 0.15) is 25.0 Å². The number of aliphatic hydroxyl groups is 1. The minimum absolute atomic E-state index is 0.410. The average Bonchev–Trinajstić information content (AvgIpc) is 2.29. The maximum absolute atomic E-state index is 9.88. The molecule has 2 aromatic rings. The molecule has 1 nitrogen and oxygen atoms in total. The zero-order valence-corrected chi connectivity index (χ0v) is 9.33. The summed E-state index contributed by atoms with van der Waals surface area (Å²) < 4.78 is 0. The van der Waals surface area contributed by atoms with Gasteiger partial charge in [-0.3, -0.25) is 0 Å². The Morgan fingerprint density at radius 2 is 1.80 bits per heavy atom. The van der Waals surface area contributed by atoms with Gasteiger partial charge in [0.05, 0.1) is 6.10 Å². The summed E-state index contributed by atoms with van der Waals surface area (Å²) in [6.45, 7) is 1.97. The maximum Gasteiger partial charge on any atom is 0.0793 e. The van der Waals surface area contributed by atoms with Crippen molar-refractivity contribution in [3.8, 4) is 0 Å². The molecule has 0 saturated carbocycles. The first-order chi connectivity index (χ1) is 7.24. The van der Waals surface area contributed by atoms with Crippen LogP contribution < -0.4 is 0 Å². The lowest BCUT2D eigenvalue weighted by atomic mass is 9.99. The van der Waals surface area contributed by atoms with Gasteiger partial charge in [-0.15, -0.1) is 0 Å². The number of aliphatic hydroxyl groups excluding tert-OH is 1. The number of fused-ring (bicyclic) bond motifs is 1. The Morgan fingerprint density at radius 3 is 2.47 bits per heavy atom. The van der Waals surface area contributed by atoms with Crippen LogP contribution in [0.4, 0.5) is 0 Å². The van der Waals surface area contributed by atoms with Gasteiger partial charge in [0.15, 0.2) is 0 Å². The van der Waals surface area contributed by atoms with Crippen LogP contribution >= 0.6 is 11.6 Å². The summed E-state index contributed by atoms with van der Waals surface area (Å²) in [6, 6.07) is 11.6. The highest BCUT2D eigenvalue weighted by molar-refractivity contribution is 6.35. The second kappa shape index (κ2) is 4.21. The lowest BCUT2D eigenvalue weighted by Crippen LogP contribution is -1.96. The fraction of sp³-hybridized carbons (Fsp3) is 0.231. The van der Waals surface area contributed by atoms with Gasteiger partial charge in [-0.05, 0) is 23.4 Å². The largest absolute Gasteiger partial charge is 0.388 e. The van der Waals surface area contributed by atoms with Gasteiger partial charge in [0.2, 0.25) is 0 Å². The molecule has 1 atom stereocenters. The molecule has 15 heavy (non-hydrogen) atoms. The number of rotatable bonds is 2. The van der Waals surface area contributed by atoms with E-state index in [2.05, 4.69) is 0 Å². The first-order valence-electron chi connectivity index (χ1n) is 5.09. The van der Waals surface area contributed by atoms with Crippen molar-refractivity contribution >= 4 is 22.4 Å². The Bertz CT molecular complexity index is 479. The molecule has 2 rings (SSSR count). The van der Waals surface area contributed by atoms with Crippen LogP contribution in [0.5, 0.6) is 0 Å². The van der Waals surface area contributed by atoms with Gasteiger partial charge < -0.3 is 5.11 Å². The van der Waals surface area contributed by atoms with E-state index < -0.39 is 6.10 Å². The SMILES string of the molecule is CC[C@H](O)c1ccc(Cl)c2ccccc12. The van der Waals surface area contributed by atoms with Crippen LogP contribution in [-0.4, -0.2) is 5.11 Å². The summed E-state index contributed by atoms with van der Waals surface area (Å²) >= 11 is 6.10. The highest BCUT2D eigenvalue weighted by atomic mass is 35.5. The van der Waals surface area contributed by atoms with Crippen molar-refractivity contribution in [2.75, 3.05) is 0 Å². The molecule has 0 unspecified atom stereocenters. The van der Waals surface area contributed by atoms with E-state index in [1.165, 1.54) is 0 Å². The third-order valence-corrected chi connectivity index (χ3v) is 2.98. The molecule has 0 aliphatic heterocycles. The highest BCUT2D eigenvalue weighted by Gasteiger charge is 2.10. The molecule has 0 bridgehead atoms. The first kappa shape index (κ1) is 10.5. The number of hydrogen-bond donors (Lipinski definition) is 1. The summed E-state index contributed by atoms with van der Waals surface area (Å²) in [6.07, 6.45) is 0.304. The highest BCUT2D eigenvalue weighted by Crippen LogP contribution is 2.30. The van der Waals surface area contributed by atoms with Crippen LogP contribution in [0, 0.1) is 0 Å². The van der Waals surface area contributed by atoms with Gasteiger partial charge in [0.25, 0.3) is 0 Å². The van der Waals surface area contributed by atoms with Crippen LogP contribution in [-0.2, 0) is 0 Å². The standard InChI is InChI=1S/C13H13ClO/c1-2-13(15)11-7-8-12(14)10-6-4-3-5-9(10)11/h3-8,13,15H,2H2,1H3/t13-/m0/s1. The van der Waals surface area contributed by atoms with Gasteiger partial charge in [-0.25, -0.2) is 0 Å². The third-order valence-electron chi connectivity index (χ3n) is 2.65. The van der Waals surface area contributed by atoms with E-state index in [0.29, 0.717) is 6.42 Å². The fourth-order valence-electron chi connectivity index (χ4n) is 1.80. The third kappa shape index (κ3) is 1.85. The van der Waals surface area contributed by atoms with Gasteiger partial charge in [-0.2, -0.15) is 0 Å². The molecule has 2 heteroatoms. The molecule has 0 aromatic heterocycles. The first-order valence-corrected chi connectivity index (χ1v) is 5.47. The molecule has 0 saturated heterocycles. The summed E-state index contributed by atoms with van der Waals surface area (Å²) in [5.41, 5.74) is 0.956. The summed E-state index contributed by atoms with van der Waals surface area (Å²) in [5.74, 6) is 0.